The summed E-state index contributed by atoms with van der Waals surface area (Å²) < 4.78 is 5.10. The number of methoxy groups -OCH3 is 1. The van der Waals surface area contributed by atoms with Gasteiger partial charge in [0, 0.05) is 18.2 Å². The second-order valence-corrected chi connectivity index (χ2v) is 5.95. The summed E-state index contributed by atoms with van der Waals surface area (Å²) in [6, 6.07) is 7.52. The van der Waals surface area contributed by atoms with Crippen molar-refractivity contribution in [3.8, 4) is 5.75 Å². The molecule has 0 atom stereocenters. The van der Waals surface area contributed by atoms with E-state index in [2.05, 4.69) is 5.16 Å². The first-order chi connectivity index (χ1) is 11.7. The van der Waals surface area contributed by atoms with Gasteiger partial charge in [0.15, 0.2) is 12.4 Å². The molecule has 0 heterocycles. The van der Waals surface area contributed by atoms with Gasteiger partial charge in [0.05, 0.1) is 7.11 Å². The number of likely N-dealkylation sites (N-methyl/N-ethyl adjacent to an activating group) is 1. The number of carbonyl (C=O) groups is 1. The number of nitrogens with two attached hydrogens (primary N) is 1. The van der Waals surface area contributed by atoms with Crippen molar-refractivity contribution in [2.24, 2.45) is 10.9 Å². The number of amidine groups is 1. The molecule has 1 aromatic rings. The topological polar surface area (TPSA) is 77.2 Å². The number of ether oxygens (including phenoxy) is 1. The maximum absolute atomic E-state index is 12.3. The molecule has 6 nitrogen and oxygen atoms in total. The maximum Gasteiger partial charge on any atom is 0.263 e. The van der Waals surface area contributed by atoms with Crippen LogP contribution in [0.15, 0.2) is 29.4 Å². The number of hydrogen-bond acceptors (Lipinski definition) is 4. The van der Waals surface area contributed by atoms with Crippen molar-refractivity contribution in [1.29, 1.82) is 0 Å². The molecular formula is C18H27N3O3. The van der Waals surface area contributed by atoms with Crippen LogP contribution in [-0.4, -0.2) is 42.9 Å². The van der Waals surface area contributed by atoms with Crippen LogP contribution in [0, 0.1) is 0 Å². The van der Waals surface area contributed by atoms with E-state index in [-0.39, 0.29) is 18.3 Å². The third-order valence-corrected chi connectivity index (χ3v) is 4.41. The summed E-state index contributed by atoms with van der Waals surface area (Å²) in [5.74, 6) is 0.954. The Hall–Kier alpha value is -2.24. The minimum absolute atomic E-state index is 0.0318. The van der Waals surface area contributed by atoms with Gasteiger partial charge in [0.2, 0.25) is 0 Å². The van der Waals surface area contributed by atoms with E-state index in [1.165, 1.54) is 19.3 Å². The van der Waals surface area contributed by atoms with E-state index in [0.29, 0.717) is 12.6 Å². The van der Waals surface area contributed by atoms with Crippen LogP contribution < -0.4 is 10.5 Å². The number of rotatable bonds is 7. The van der Waals surface area contributed by atoms with Crippen molar-refractivity contribution in [3.63, 3.8) is 0 Å². The summed E-state index contributed by atoms with van der Waals surface area (Å²) in [6.07, 6.45) is 5.81. The molecule has 0 saturated heterocycles. The highest BCUT2D eigenvalue weighted by Crippen LogP contribution is 2.22. The lowest BCUT2D eigenvalue weighted by Crippen LogP contribution is -2.43. The van der Waals surface area contributed by atoms with Crippen molar-refractivity contribution < 1.29 is 14.4 Å². The highest BCUT2D eigenvalue weighted by Gasteiger charge is 2.24. The maximum atomic E-state index is 12.3. The first-order valence-corrected chi connectivity index (χ1v) is 8.55. The van der Waals surface area contributed by atoms with Crippen molar-refractivity contribution in [3.05, 3.63) is 29.8 Å². The molecule has 2 N–H and O–H groups in total. The Bertz CT molecular complexity index is 551. The molecule has 2 rings (SSSR count). The van der Waals surface area contributed by atoms with Gasteiger partial charge in [-0.2, -0.15) is 0 Å². The molecule has 1 saturated carbocycles. The largest absolute Gasteiger partial charge is 0.497 e. The van der Waals surface area contributed by atoms with Gasteiger partial charge in [-0.3, -0.25) is 4.79 Å². The first kappa shape index (κ1) is 18.1. The number of benzene rings is 1. The minimum Gasteiger partial charge on any atom is -0.497 e. The Balaban J connectivity index is 1.87. The quantitative estimate of drug-likeness (QED) is 0.472. The zero-order valence-corrected chi connectivity index (χ0v) is 14.5. The molecule has 0 aliphatic heterocycles. The zero-order chi connectivity index (χ0) is 17.4. The number of amides is 1. The van der Waals surface area contributed by atoms with Gasteiger partial charge in [0.25, 0.3) is 5.91 Å². The predicted molar refractivity (Wildman–Crippen MR) is 93.9 cm³/mol. The van der Waals surface area contributed by atoms with Crippen LogP contribution in [-0.2, 0) is 9.63 Å². The smallest absolute Gasteiger partial charge is 0.263 e. The summed E-state index contributed by atoms with van der Waals surface area (Å²) in [7, 11) is 1.60. The molecule has 0 unspecified atom stereocenters. The molecule has 132 valence electrons. The SMILES string of the molecule is CCN(C(=O)CO/N=C(/N)c1ccc(OC)cc1)C1CCCCC1. The molecule has 0 bridgehead atoms. The van der Waals surface area contributed by atoms with Crippen LogP contribution in [0.3, 0.4) is 0 Å². The highest BCUT2D eigenvalue weighted by molar-refractivity contribution is 5.97. The molecule has 6 heteroatoms. The number of hydrogen-bond donors (Lipinski definition) is 1. The molecule has 1 aromatic carbocycles. The first-order valence-electron chi connectivity index (χ1n) is 8.55. The molecule has 1 amide bonds. The number of nitrogens with zero attached hydrogens (tertiary/aromatic N) is 2. The third kappa shape index (κ3) is 4.88. The second-order valence-electron chi connectivity index (χ2n) is 5.95. The van der Waals surface area contributed by atoms with Crippen LogP contribution in [0.5, 0.6) is 5.75 Å². The average molecular weight is 333 g/mol. The van der Waals surface area contributed by atoms with Crippen molar-refractivity contribution in [1.82, 2.24) is 4.90 Å². The lowest BCUT2D eigenvalue weighted by Gasteiger charge is -2.33. The van der Waals surface area contributed by atoms with Gasteiger partial charge in [-0.1, -0.05) is 24.4 Å². The van der Waals surface area contributed by atoms with Gasteiger partial charge in [0.1, 0.15) is 5.75 Å². The summed E-state index contributed by atoms with van der Waals surface area (Å²) in [5.41, 5.74) is 6.61. The van der Waals surface area contributed by atoms with E-state index in [4.69, 9.17) is 15.3 Å². The van der Waals surface area contributed by atoms with Crippen molar-refractivity contribution >= 4 is 11.7 Å². The van der Waals surface area contributed by atoms with Crippen LogP contribution in [0.25, 0.3) is 0 Å². The zero-order valence-electron chi connectivity index (χ0n) is 14.5. The summed E-state index contributed by atoms with van der Waals surface area (Å²) >= 11 is 0. The van der Waals surface area contributed by atoms with Gasteiger partial charge in [-0.15, -0.1) is 0 Å². The molecule has 0 spiro atoms. The van der Waals surface area contributed by atoms with Crippen LogP contribution in [0.1, 0.15) is 44.6 Å². The van der Waals surface area contributed by atoms with E-state index in [1.807, 2.05) is 11.8 Å². The van der Waals surface area contributed by atoms with Gasteiger partial charge in [-0.05, 0) is 44.0 Å². The second kappa shape index (κ2) is 9.15. The van der Waals surface area contributed by atoms with E-state index >= 15 is 0 Å². The normalized spacial score (nSPS) is 15.8. The van der Waals surface area contributed by atoms with Gasteiger partial charge >= 0.3 is 0 Å². The molecule has 1 fully saturated rings. The minimum atomic E-state index is -0.0821. The van der Waals surface area contributed by atoms with Crippen molar-refractivity contribution in [2.75, 3.05) is 20.3 Å². The Morgan fingerprint density at radius 1 is 1.25 bits per heavy atom. The van der Waals surface area contributed by atoms with E-state index in [1.54, 1.807) is 31.4 Å². The lowest BCUT2D eigenvalue weighted by atomic mass is 9.94. The summed E-state index contributed by atoms with van der Waals surface area (Å²) in [5, 5.41) is 3.86. The van der Waals surface area contributed by atoms with E-state index in [0.717, 1.165) is 24.2 Å². The molecule has 0 aromatic heterocycles. The third-order valence-electron chi connectivity index (χ3n) is 4.41. The molecule has 0 radical (unpaired) electrons. The molecule has 1 aliphatic rings. The van der Waals surface area contributed by atoms with Gasteiger partial charge < -0.3 is 20.2 Å². The fourth-order valence-electron chi connectivity index (χ4n) is 3.09. The standard InChI is InChI=1S/C18H27N3O3/c1-3-21(15-7-5-4-6-8-15)17(22)13-24-20-18(19)14-9-11-16(23-2)12-10-14/h9-12,15H,3-8,13H2,1-2H3,(H2,19,20). The fraction of sp³-hybridized carbons (Fsp3) is 0.556. The molecule has 1 aliphatic carbocycles. The molecule has 24 heavy (non-hydrogen) atoms. The monoisotopic (exact) mass is 333 g/mol. The Morgan fingerprint density at radius 2 is 1.92 bits per heavy atom. The van der Waals surface area contributed by atoms with Gasteiger partial charge in [-0.25, -0.2) is 0 Å². The fourth-order valence-corrected chi connectivity index (χ4v) is 3.09. The molecular weight excluding hydrogens is 306 g/mol. The summed E-state index contributed by atoms with van der Waals surface area (Å²) in [4.78, 5) is 19.4. The van der Waals surface area contributed by atoms with Crippen LogP contribution in [0.4, 0.5) is 0 Å². The predicted octanol–water partition coefficient (Wildman–Crippen LogP) is 2.51. The Labute approximate surface area is 143 Å². The number of oxime groups is 1. The summed E-state index contributed by atoms with van der Waals surface area (Å²) in [6.45, 7) is 2.62. The van der Waals surface area contributed by atoms with E-state index in [9.17, 15) is 4.79 Å². The lowest BCUT2D eigenvalue weighted by molar-refractivity contribution is -0.138. The van der Waals surface area contributed by atoms with Crippen molar-refractivity contribution in [2.45, 2.75) is 45.1 Å². The Morgan fingerprint density at radius 3 is 2.50 bits per heavy atom. The van der Waals surface area contributed by atoms with E-state index < -0.39 is 0 Å². The average Bonchev–Trinajstić information content (AvgIpc) is 2.63. The van der Waals surface area contributed by atoms with Crippen LogP contribution in [0.2, 0.25) is 0 Å². The highest BCUT2D eigenvalue weighted by atomic mass is 16.6. The Kier molecular flexibility index (Phi) is 6.90. The van der Waals surface area contributed by atoms with Crippen LogP contribution >= 0.6 is 0 Å². The number of carbonyl (C=O) groups excluding carboxylic acids is 1.